The van der Waals surface area contributed by atoms with Crippen molar-refractivity contribution in [3.05, 3.63) is 99.8 Å². The van der Waals surface area contributed by atoms with Crippen LogP contribution < -0.4 is 10.1 Å². The summed E-state index contributed by atoms with van der Waals surface area (Å²) in [4.78, 5) is 22.7. The third-order valence-corrected chi connectivity index (χ3v) is 8.75. The Balaban J connectivity index is 1.44. The second-order valence-corrected chi connectivity index (χ2v) is 12.3. The fraction of sp³-hybridized carbons (Fsp3) is 0.125. The summed E-state index contributed by atoms with van der Waals surface area (Å²) < 4.78 is 6.30. The molecule has 2 heterocycles. The highest BCUT2D eigenvalue weighted by molar-refractivity contribution is 9.10. The number of anilines is 1. The third kappa shape index (κ3) is 6.68. The number of nitriles is 1. The number of methoxy groups -OCH3 is 1. The van der Waals surface area contributed by atoms with E-state index in [1.54, 1.807) is 14.0 Å². The average molecular weight is 642 g/mol. The highest BCUT2D eigenvalue weighted by atomic mass is 79.9. The minimum absolute atomic E-state index is 0.218. The monoisotopic (exact) mass is 640 g/mol. The number of ether oxygens (including phenoxy) is 1. The second kappa shape index (κ2) is 12.7. The number of aromatic nitrogens is 2. The van der Waals surface area contributed by atoms with Crippen molar-refractivity contribution >= 4 is 50.1 Å². The number of hydrogen-bond acceptors (Lipinski definition) is 7. The molecule has 5 aromatic rings. The van der Waals surface area contributed by atoms with E-state index in [4.69, 9.17) is 9.72 Å². The van der Waals surface area contributed by atoms with E-state index in [1.165, 1.54) is 23.1 Å². The molecule has 0 bridgehead atoms. The number of rotatable bonds is 8. The summed E-state index contributed by atoms with van der Waals surface area (Å²) in [7, 11) is 1.62. The van der Waals surface area contributed by atoms with E-state index >= 15 is 0 Å². The molecule has 204 valence electrons. The predicted molar refractivity (Wildman–Crippen MR) is 170 cm³/mol. The van der Waals surface area contributed by atoms with E-state index in [0.29, 0.717) is 21.4 Å². The van der Waals surface area contributed by atoms with Gasteiger partial charge in [0.05, 0.1) is 29.3 Å². The normalized spacial score (nSPS) is 11.5. The smallest absolute Gasteiger partial charge is 0.239 e. The quantitative estimate of drug-likeness (QED) is 0.171. The Morgan fingerprint density at radius 1 is 0.976 bits per heavy atom. The lowest BCUT2D eigenvalue weighted by atomic mass is 9.98. The third-order valence-electron chi connectivity index (χ3n) is 6.38. The topological polar surface area (TPSA) is 87.9 Å². The summed E-state index contributed by atoms with van der Waals surface area (Å²) >= 11 is 6.07. The van der Waals surface area contributed by atoms with Crippen molar-refractivity contribution in [2.75, 3.05) is 12.4 Å². The number of carbonyl (C=O) groups is 1. The number of carbonyl (C=O) groups excluding carboxylic acids is 1. The number of benzene rings is 3. The van der Waals surface area contributed by atoms with Crippen molar-refractivity contribution in [2.45, 2.75) is 24.1 Å². The number of pyridine rings is 1. The van der Waals surface area contributed by atoms with Gasteiger partial charge < -0.3 is 10.1 Å². The van der Waals surface area contributed by atoms with E-state index in [0.717, 1.165) is 43.7 Å². The van der Waals surface area contributed by atoms with E-state index < -0.39 is 5.25 Å². The van der Waals surface area contributed by atoms with Crippen LogP contribution in [0, 0.1) is 18.3 Å². The summed E-state index contributed by atoms with van der Waals surface area (Å²) in [6.45, 7) is 3.83. The van der Waals surface area contributed by atoms with E-state index in [-0.39, 0.29) is 5.91 Å². The Hall–Kier alpha value is -3.97. The molecule has 0 aliphatic carbocycles. The number of halogens is 1. The van der Waals surface area contributed by atoms with E-state index in [2.05, 4.69) is 32.3 Å². The molecule has 1 N–H and O–H groups in total. The molecule has 0 saturated heterocycles. The zero-order valence-electron chi connectivity index (χ0n) is 22.5. The Morgan fingerprint density at radius 3 is 2.27 bits per heavy atom. The Kier molecular flexibility index (Phi) is 8.84. The van der Waals surface area contributed by atoms with E-state index in [9.17, 15) is 10.1 Å². The first-order valence-electron chi connectivity index (χ1n) is 12.7. The van der Waals surface area contributed by atoms with Gasteiger partial charge in [-0.2, -0.15) is 5.26 Å². The van der Waals surface area contributed by atoms with Gasteiger partial charge in [0.25, 0.3) is 0 Å². The molecule has 0 aliphatic heterocycles. The van der Waals surface area contributed by atoms with Gasteiger partial charge in [-0.25, -0.2) is 9.97 Å². The van der Waals surface area contributed by atoms with Crippen LogP contribution in [0.15, 0.2) is 93.7 Å². The number of thioether (sulfide) groups is 1. The summed E-state index contributed by atoms with van der Waals surface area (Å²) in [5.74, 6) is 0.524. The fourth-order valence-electron chi connectivity index (χ4n) is 4.10. The minimum atomic E-state index is -0.536. The van der Waals surface area contributed by atoms with Crippen LogP contribution in [-0.2, 0) is 4.79 Å². The summed E-state index contributed by atoms with van der Waals surface area (Å²) in [5, 5.41) is 15.5. The summed E-state index contributed by atoms with van der Waals surface area (Å²) in [5.41, 5.74) is 6.58. The van der Waals surface area contributed by atoms with Crippen molar-refractivity contribution in [1.82, 2.24) is 9.97 Å². The highest BCUT2D eigenvalue weighted by Gasteiger charge is 2.22. The van der Waals surface area contributed by atoms with Crippen molar-refractivity contribution in [1.29, 1.82) is 5.26 Å². The van der Waals surface area contributed by atoms with Crippen LogP contribution in [0.3, 0.4) is 0 Å². The maximum atomic E-state index is 13.2. The fourth-order valence-corrected chi connectivity index (χ4v) is 6.01. The Labute approximate surface area is 255 Å². The number of nitrogens with one attached hydrogen (secondary N) is 1. The van der Waals surface area contributed by atoms with Gasteiger partial charge in [-0.1, -0.05) is 69.7 Å². The SMILES string of the molecule is COc1ccc(-c2cc(-c3ccc(C)cc3)c(C#N)c(SC(C)C(=O)Nc3nc(-c4ccc(Br)cc4)cs3)n2)cc1. The molecule has 3 aromatic carbocycles. The van der Waals surface area contributed by atoms with Gasteiger partial charge >= 0.3 is 0 Å². The first-order chi connectivity index (χ1) is 19.8. The molecule has 0 radical (unpaired) electrons. The largest absolute Gasteiger partial charge is 0.497 e. The molecule has 0 saturated carbocycles. The second-order valence-electron chi connectivity index (χ2n) is 9.24. The van der Waals surface area contributed by atoms with Crippen LogP contribution in [0.1, 0.15) is 18.1 Å². The molecule has 0 aliphatic rings. The van der Waals surface area contributed by atoms with Crippen molar-refractivity contribution in [3.63, 3.8) is 0 Å². The van der Waals surface area contributed by atoms with Crippen molar-refractivity contribution in [2.24, 2.45) is 0 Å². The van der Waals surface area contributed by atoms with Gasteiger partial charge in [0.15, 0.2) is 5.13 Å². The summed E-state index contributed by atoms with van der Waals surface area (Å²) in [6.07, 6.45) is 0. The molecule has 1 unspecified atom stereocenters. The molecular weight excluding hydrogens is 616 g/mol. The van der Waals surface area contributed by atoms with Crippen LogP contribution in [-0.4, -0.2) is 28.2 Å². The molecule has 41 heavy (non-hydrogen) atoms. The molecule has 0 fully saturated rings. The van der Waals surface area contributed by atoms with E-state index in [1.807, 2.05) is 91.2 Å². The van der Waals surface area contributed by atoms with Gasteiger partial charge in [-0.15, -0.1) is 11.3 Å². The molecule has 2 aromatic heterocycles. The average Bonchev–Trinajstić information content (AvgIpc) is 3.46. The Bertz CT molecular complexity index is 1730. The Morgan fingerprint density at radius 2 is 1.61 bits per heavy atom. The van der Waals surface area contributed by atoms with Crippen LogP contribution in [0.5, 0.6) is 5.75 Å². The van der Waals surface area contributed by atoms with Gasteiger partial charge in [0.1, 0.15) is 16.8 Å². The molecule has 5 rings (SSSR count). The maximum absolute atomic E-state index is 13.2. The van der Waals surface area contributed by atoms with Gasteiger partial charge in [0, 0.05) is 26.5 Å². The lowest BCUT2D eigenvalue weighted by molar-refractivity contribution is -0.115. The van der Waals surface area contributed by atoms with Crippen molar-refractivity contribution < 1.29 is 9.53 Å². The van der Waals surface area contributed by atoms with Crippen LogP contribution in [0.2, 0.25) is 0 Å². The molecular formula is C32H25BrN4O2S2. The number of nitrogens with zero attached hydrogens (tertiary/aromatic N) is 3. The lowest BCUT2D eigenvalue weighted by Gasteiger charge is -2.15. The number of amides is 1. The molecule has 1 amide bonds. The maximum Gasteiger partial charge on any atom is 0.239 e. The zero-order valence-corrected chi connectivity index (χ0v) is 25.7. The lowest BCUT2D eigenvalue weighted by Crippen LogP contribution is -2.22. The number of thiazole rings is 1. The number of hydrogen-bond donors (Lipinski definition) is 1. The molecule has 1 atom stereocenters. The van der Waals surface area contributed by atoms with Gasteiger partial charge in [-0.3, -0.25) is 4.79 Å². The molecule has 6 nitrogen and oxygen atoms in total. The van der Waals surface area contributed by atoms with Gasteiger partial charge in [-0.05, 0) is 61.9 Å². The first-order valence-corrected chi connectivity index (χ1v) is 15.3. The zero-order chi connectivity index (χ0) is 28.9. The molecule has 9 heteroatoms. The number of aryl methyl sites for hydroxylation is 1. The standard InChI is InChI=1S/C32H25BrN4O2S2/c1-19-4-6-21(7-5-19)26-16-28(22-10-14-25(39-3)15-11-22)35-31(27(26)17-34)41-20(2)30(38)37-32-36-29(18-40-32)23-8-12-24(33)13-9-23/h4-16,18,20H,1-3H3,(H,36,37,38). The summed E-state index contributed by atoms with van der Waals surface area (Å²) in [6, 6.07) is 27.8. The van der Waals surface area contributed by atoms with Crippen molar-refractivity contribution in [3.8, 4) is 45.5 Å². The van der Waals surface area contributed by atoms with Gasteiger partial charge in [0.2, 0.25) is 5.91 Å². The predicted octanol–water partition coefficient (Wildman–Crippen LogP) is 8.61. The van der Waals surface area contributed by atoms with Crippen LogP contribution >= 0.6 is 39.0 Å². The minimum Gasteiger partial charge on any atom is -0.497 e. The highest BCUT2D eigenvalue weighted by Crippen LogP contribution is 2.36. The first kappa shape index (κ1) is 28.6. The molecule has 0 spiro atoms. The van der Waals surface area contributed by atoms with Crippen LogP contribution in [0.4, 0.5) is 5.13 Å². The van der Waals surface area contributed by atoms with Crippen LogP contribution in [0.25, 0.3) is 33.6 Å².